The van der Waals surface area contributed by atoms with E-state index in [1.165, 1.54) is 10.9 Å². The van der Waals surface area contributed by atoms with Crippen molar-refractivity contribution >= 4 is 16.9 Å². The summed E-state index contributed by atoms with van der Waals surface area (Å²) in [5.41, 5.74) is 2.28. The minimum Gasteiger partial charge on any atom is -0.464 e. The van der Waals surface area contributed by atoms with E-state index >= 15 is 0 Å². The van der Waals surface area contributed by atoms with Crippen LogP contribution in [0.3, 0.4) is 0 Å². The average molecular weight is 467 g/mol. The molecule has 2 fully saturated rings. The van der Waals surface area contributed by atoms with Gasteiger partial charge < -0.3 is 19.7 Å². The van der Waals surface area contributed by atoms with Crippen LogP contribution in [0.2, 0.25) is 0 Å². The molecule has 1 aliphatic carbocycles. The quantitative estimate of drug-likeness (QED) is 0.603. The highest BCUT2D eigenvalue weighted by molar-refractivity contribution is 5.81. The van der Waals surface area contributed by atoms with Crippen LogP contribution in [0.4, 0.5) is 13.2 Å². The zero-order valence-corrected chi connectivity index (χ0v) is 18.8. The fourth-order valence-corrected chi connectivity index (χ4v) is 5.32. The summed E-state index contributed by atoms with van der Waals surface area (Å²) in [4.78, 5) is 14.3. The topological polar surface area (TPSA) is 65.7 Å². The molecule has 0 spiro atoms. The zero-order valence-electron chi connectivity index (χ0n) is 18.8. The van der Waals surface area contributed by atoms with E-state index in [1.54, 1.807) is 0 Å². The Labute approximate surface area is 192 Å². The smallest absolute Gasteiger partial charge is 0.414 e. The monoisotopic (exact) mass is 466 g/mol. The van der Waals surface area contributed by atoms with E-state index in [1.807, 2.05) is 18.4 Å². The molecular formula is C25H33F3N2O3. The van der Waals surface area contributed by atoms with Crippen LogP contribution in [0.25, 0.3) is 11.0 Å². The molecule has 1 aromatic heterocycles. The first kappa shape index (κ1) is 24.1. The normalized spacial score (nSPS) is 24.1. The van der Waals surface area contributed by atoms with Crippen LogP contribution in [-0.2, 0) is 4.79 Å². The standard InChI is InChI=1S/C25H33F3N2O3/c26-25(27,28)23(31)15-24(32)29-19-7-5-17(6-8-19)9-12-30-13-10-18(11-14-30)21-16-33-22-4-2-1-3-20(21)22/h1-4,16-19,23,31H,5-15H2,(H,29,32). The third-order valence-electron chi connectivity index (χ3n) is 7.36. The first-order chi connectivity index (χ1) is 15.8. The molecule has 2 N–H and O–H groups in total. The number of para-hydroxylation sites is 1. The largest absolute Gasteiger partial charge is 0.464 e. The van der Waals surface area contributed by atoms with Crippen LogP contribution in [0.1, 0.15) is 62.8 Å². The lowest BCUT2D eigenvalue weighted by Crippen LogP contribution is -2.41. The lowest BCUT2D eigenvalue weighted by atomic mass is 9.83. The molecule has 4 rings (SSSR count). The van der Waals surface area contributed by atoms with E-state index in [2.05, 4.69) is 22.3 Å². The number of carbonyl (C=O) groups excluding carboxylic acids is 1. The highest BCUT2D eigenvalue weighted by atomic mass is 19.4. The summed E-state index contributed by atoms with van der Waals surface area (Å²) in [5.74, 6) is 0.408. The van der Waals surface area contributed by atoms with Gasteiger partial charge in [0.25, 0.3) is 0 Å². The van der Waals surface area contributed by atoms with E-state index in [9.17, 15) is 18.0 Å². The number of nitrogens with zero attached hydrogens (tertiary/aromatic N) is 1. The lowest BCUT2D eigenvalue weighted by molar-refractivity contribution is -0.206. The van der Waals surface area contributed by atoms with Gasteiger partial charge in [0.05, 0.1) is 12.7 Å². The van der Waals surface area contributed by atoms with E-state index in [4.69, 9.17) is 9.52 Å². The number of amides is 1. The van der Waals surface area contributed by atoms with Crippen LogP contribution in [0, 0.1) is 5.92 Å². The van der Waals surface area contributed by atoms with Crippen LogP contribution in [0.5, 0.6) is 0 Å². The van der Waals surface area contributed by atoms with E-state index in [0.29, 0.717) is 11.8 Å². The Morgan fingerprint density at radius 1 is 1.12 bits per heavy atom. The highest BCUT2D eigenvalue weighted by Gasteiger charge is 2.39. The Hall–Kier alpha value is -2.06. The number of likely N-dealkylation sites (tertiary alicyclic amines) is 1. The summed E-state index contributed by atoms with van der Waals surface area (Å²) in [7, 11) is 0. The van der Waals surface area contributed by atoms with Crippen molar-refractivity contribution < 1.29 is 27.5 Å². The molecule has 33 heavy (non-hydrogen) atoms. The van der Waals surface area contributed by atoms with Gasteiger partial charge in [0.15, 0.2) is 6.10 Å². The third kappa shape index (κ3) is 6.29. The van der Waals surface area contributed by atoms with E-state index in [0.717, 1.165) is 70.2 Å². The Bertz CT molecular complexity index is 913. The number of fused-ring (bicyclic) bond motifs is 1. The Kier molecular flexibility index (Phi) is 7.64. The second-order valence-corrected chi connectivity index (χ2v) is 9.64. The molecule has 2 aliphatic rings. The molecule has 0 bridgehead atoms. The number of benzene rings is 1. The second kappa shape index (κ2) is 10.5. The number of carbonyl (C=O) groups is 1. The summed E-state index contributed by atoms with van der Waals surface area (Å²) < 4.78 is 42.9. The molecule has 1 aromatic carbocycles. The highest BCUT2D eigenvalue weighted by Crippen LogP contribution is 2.35. The van der Waals surface area contributed by atoms with Crippen LogP contribution in [0.15, 0.2) is 34.9 Å². The van der Waals surface area contributed by atoms with Gasteiger partial charge in [-0.2, -0.15) is 13.2 Å². The number of halogens is 3. The molecule has 1 saturated heterocycles. The fraction of sp³-hybridized carbons (Fsp3) is 0.640. The van der Waals surface area contributed by atoms with Gasteiger partial charge in [-0.15, -0.1) is 0 Å². The minimum atomic E-state index is -4.75. The van der Waals surface area contributed by atoms with Crippen LogP contribution in [-0.4, -0.2) is 53.9 Å². The maximum atomic E-state index is 12.4. The summed E-state index contributed by atoms with van der Waals surface area (Å²) >= 11 is 0. The number of hydrogen-bond acceptors (Lipinski definition) is 4. The summed E-state index contributed by atoms with van der Waals surface area (Å²) in [6.45, 7) is 3.23. The summed E-state index contributed by atoms with van der Waals surface area (Å²) in [6, 6.07) is 8.12. The molecule has 1 unspecified atom stereocenters. The van der Waals surface area contributed by atoms with Crippen molar-refractivity contribution in [2.45, 2.75) is 75.6 Å². The average Bonchev–Trinajstić information content (AvgIpc) is 3.22. The predicted octanol–water partition coefficient (Wildman–Crippen LogP) is 4.99. The van der Waals surface area contributed by atoms with Crippen LogP contribution < -0.4 is 5.32 Å². The first-order valence-electron chi connectivity index (χ1n) is 12.0. The molecule has 1 atom stereocenters. The number of nitrogens with one attached hydrogen (secondary N) is 1. The minimum absolute atomic E-state index is 0.0882. The van der Waals surface area contributed by atoms with Crippen molar-refractivity contribution in [3.05, 3.63) is 36.1 Å². The molecule has 8 heteroatoms. The molecule has 1 saturated carbocycles. The number of aliphatic hydroxyl groups is 1. The van der Waals surface area contributed by atoms with Gasteiger partial charge in [0.2, 0.25) is 5.91 Å². The lowest BCUT2D eigenvalue weighted by Gasteiger charge is -2.34. The summed E-state index contributed by atoms with van der Waals surface area (Å²) in [6.07, 6.45) is 0.558. The fourth-order valence-electron chi connectivity index (χ4n) is 5.32. The van der Waals surface area contributed by atoms with Gasteiger partial charge in [-0.3, -0.25) is 4.79 Å². The summed E-state index contributed by atoms with van der Waals surface area (Å²) in [5, 5.41) is 12.9. The third-order valence-corrected chi connectivity index (χ3v) is 7.36. The van der Waals surface area contributed by atoms with Crippen LogP contribution >= 0.6 is 0 Å². The number of rotatable bonds is 7. The van der Waals surface area contributed by atoms with Gasteiger partial charge >= 0.3 is 6.18 Å². The van der Waals surface area contributed by atoms with Gasteiger partial charge in [0.1, 0.15) is 5.58 Å². The van der Waals surface area contributed by atoms with Gasteiger partial charge in [-0.25, -0.2) is 0 Å². The van der Waals surface area contributed by atoms with Crippen molar-refractivity contribution in [1.82, 2.24) is 10.2 Å². The number of furan rings is 1. The molecule has 182 valence electrons. The Morgan fingerprint density at radius 2 is 1.82 bits per heavy atom. The first-order valence-corrected chi connectivity index (χ1v) is 12.0. The number of alkyl halides is 3. The van der Waals surface area contributed by atoms with Crippen molar-refractivity contribution in [2.24, 2.45) is 5.92 Å². The molecule has 2 aromatic rings. The van der Waals surface area contributed by atoms with Crippen molar-refractivity contribution in [1.29, 1.82) is 0 Å². The number of aliphatic hydroxyl groups excluding tert-OH is 1. The van der Waals surface area contributed by atoms with Crippen molar-refractivity contribution in [3.8, 4) is 0 Å². The Balaban J connectivity index is 1.14. The number of hydrogen-bond donors (Lipinski definition) is 2. The molecular weight excluding hydrogens is 433 g/mol. The van der Waals surface area contributed by atoms with Crippen molar-refractivity contribution in [2.75, 3.05) is 19.6 Å². The SMILES string of the molecule is O=C(CC(O)C(F)(F)F)NC1CCC(CCN2CCC(c3coc4ccccc34)CC2)CC1. The van der Waals surface area contributed by atoms with E-state index in [-0.39, 0.29) is 6.04 Å². The molecule has 1 aliphatic heterocycles. The number of piperidine rings is 1. The van der Waals surface area contributed by atoms with Crippen molar-refractivity contribution in [3.63, 3.8) is 0 Å². The molecule has 0 radical (unpaired) electrons. The maximum absolute atomic E-state index is 12.4. The molecule has 5 nitrogen and oxygen atoms in total. The predicted molar refractivity (Wildman–Crippen MR) is 120 cm³/mol. The zero-order chi connectivity index (χ0) is 23.4. The van der Waals surface area contributed by atoms with E-state index < -0.39 is 24.6 Å². The van der Waals surface area contributed by atoms with Gasteiger partial charge in [-0.05, 0) is 82.5 Å². The second-order valence-electron chi connectivity index (χ2n) is 9.64. The van der Waals surface area contributed by atoms with Gasteiger partial charge in [-0.1, -0.05) is 18.2 Å². The Morgan fingerprint density at radius 3 is 2.52 bits per heavy atom. The van der Waals surface area contributed by atoms with Gasteiger partial charge in [0, 0.05) is 17.0 Å². The maximum Gasteiger partial charge on any atom is 0.414 e. The molecule has 1 amide bonds. The molecule has 2 heterocycles.